The molecule has 1 heterocycles. The maximum Gasteiger partial charge on any atom is 0.201 e. The molecule has 0 aliphatic heterocycles. The SMILES string of the molecule is Cc1cc(C(C)(C)C)ccc1-c1cc(=O)c(Cl)c(C)[nH]1. The smallest absolute Gasteiger partial charge is 0.201 e. The van der Waals surface area contributed by atoms with E-state index in [1.54, 1.807) is 6.07 Å². The zero-order chi connectivity index (χ0) is 15.1. The van der Waals surface area contributed by atoms with Crippen molar-refractivity contribution in [1.82, 2.24) is 4.98 Å². The van der Waals surface area contributed by atoms with Crippen molar-refractivity contribution in [3.05, 3.63) is 56.3 Å². The Balaban J connectivity index is 2.57. The summed E-state index contributed by atoms with van der Waals surface area (Å²) >= 11 is 5.92. The van der Waals surface area contributed by atoms with Crippen LogP contribution in [-0.2, 0) is 5.41 Å². The Morgan fingerprint density at radius 2 is 1.75 bits per heavy atom. The summed E-state index contributed by atoms with van der Waals surface area (Å²) in [4.78, 5) is 15.0. The molecule has 106 valence electrons. The summed E-state index contributed by atoms with van der Waals surface area (Å²) in [5.41, 5.74) is 4.96. The van der Waals surface area contributed by atoms with Gasteiger partial charge >= 0.3 is 0 Å². The van der Waals surface area contributed by atoms with Crippen molar-refractivity contribution in [2.45, 2.75) is 40.0 Å². The van der Waals surface area contributed by atoms with Crippen molar-refractivity contribution >= 4 is 11.6 Å². The van der Waals surface area contributed by atoms with Crippen LogP contribution in [0.2, 0.25) is 5.02 Å². The lowest BCUT2D eigenvalue weighted by Gasteiger charge is -2.20. The van der Waals surface area contributed by atoms with Crippen LogP contribution >= 0.6 is 11.6 Å². The first kappa shape index (κ1) is 14.9. The van der Waals surface area contributed by atoms with Gasteiger partial charge in [-0.25, -0.2) is 0 Å². The van der Waals surface area contributed by atoms with Gasteiger partial charge in [0.1, 0.15) is 5.02 Å². The Labute approximate surface area is 124 Å². The highest BCUT2D eigenvalue weighted by Crippen LogP contribution is 2.28. The zero-order valence-corrected chi connectivity index (χ0v) is 13.4. The molecule has 0 aliphatic carbocycles. The molecule has 0 fully saturated rings. The van der Waals surface area contributed by atoms with Crippen LogP contribution < -0.4 is 5.43 Å². The lowest BCUT2D eigenvalue weighted by molar-refractivity contribution is 0.590. The Morgan fingerprint density at radius 3 is 2.25 bits per heavy atom. The fourth-order valence-corrected chi connectivity index (χ4v) is 2.35. The lowest BCUT2D eigenvalue weighted by Crippen LogP contribution is -2.11. The van der Waals surface area contributed by atoms with Gasteiger partial charge in [0.2, 0.25) is 5.43 Å². The lowest BCUT2D eigenvalue weighted by atomic mass is 9.85. The Kier molecular flexibility index (Phi) is 3.79. The van der Waals surface area contributed by atoms with E-state index in [1.165, 1.54) is 5.56 Å². The highest BCUT2D eigenvalue weighted by molar-refractivity contribution is 6.31. The Morgan fingerprint density at radius 1 is 1.10 bits per heavy atom. The highest BCUT2D eigenvalue weighted by atomic mass is 35.5. The number of hydrogen-bond donors (Lipinski definition) is 1. The number of aryl methyl sites for hydroxylation is 2. The zero-order valence-electron chi connectivity index (χ0n) is 12.6. The molecule has 0 saturated carbocycles. The Hall–Kier alpha value is -1.54. The van der Waals surface area contributed by atoms with Crippen LogP contribution in [0.5, 0.6) is 0 Å². The standard InChI is InChI=1S/C17H20ClNO/c1-10-8-12(17(3,4)5)6-7-13(10)14-9-15(20)16(18)11(2)19-14/h6-9H,1-5H3,(H,19,20). The number of pyridine rings is 1. The average Bonchev–Trinajstić information content (AvgIpc) is 2.34. The first-order valence-electron chi connectivity index (χ1n) is 6.71. The Bertz CT molecular complexity index is 708. The van der Waals surface area contributed by atoms with Gasteiger partial charge < -0.3 is 4.98 Å². The molecule has 1 aromatic carbocycles. The number of aromatic amines is 1. The van der Waals surface area contributed by atoms with Gasteiger partial charge in [0.15, 0.2) is 0 Å². The van der Waals surface area contributed by atoms with E-state index in [0.717, 1.165) is 16.8 Å². The minimum atomic E-state index is -0.141. The summed E-state index contributed by atoms with van der Waals surface area (Å²) in [6, 6.07) is 7.92. The molecule has 0 amide bonds. The number of nitrogens with one attached hydrogen (secondary N) is 1. The van der Waals surface area contributed by atoms with Gasteiger partial charge in [-0.05, 0) is 30.4 Å². The van der Waals surface area contributed by atoms with E-state index in [2.05, 4.69) is 50.9 Å². The number of benzene rings is 1. The molecule has 2 nitrogen and oxygen atoms in total. The molecule has 0 bridgehead atoms. The third-order valence-corrected chi connectivity index (χ3v) is 4.00. The minimum Gasteiger partial charge on any atom is -0.357 e. The van der Waals surface area contributed by atoms with Crippen LogP contribution in [0.15, 0.2) is 29.1 Å². The third-order valence-electron chi connectivity index (χ3n) is 3.53. The molecule has 1 N–H and O–H groups in total. The van der Waals surface area contributed by atoms with E-state index >= 15 is 0 Å². The van der Waals surface area contributed by atoms with Crippen LogP contribution in [-0.4, -0.2) is 4.98 Å². The second-order valence-electron chi connectivity index (χ2n) is 6.27. The molecule has 2 aromatic rings. The molecule has 20 heavy (non-hydrogen) atoms. The fraction of sp³-hybridized carbons (Fsp3) is 0.353. The van der Waals surface area contributed by atoms with Crippen molar-refractivity contribution < 1.29 is 0 Å². The van der Waals surface area contributed by atoms with Crippen LogP contribution in [0.25, 0.3) is 11.3 Å². The van der Waals surface area contributed by atoms with E-state index in [9.17, 15) is 4.79 Å². The number of rotatable bonds is 1. The molecule has 0 atom stereocenters. The van der Waals surface area contributed by atoms with Crippen molar-refractivity contribution in [3.63, 3.8) is 0 Å². The van der Waals surface area contributed by atoms with Crippen molar-refractivity contribution in [2.75, 3.05) is 0 Å². The molecule has 0 radical (unpaired) electrons. The van der Waals surface area contributed by atoms with Crippen molar-refractivity contribution in [1.29, 1.82) is 0 Å². The summed E-state index contributed by atoms with van der Waals surface area (Å²) in [6.07, 6.45) is 0. The second-order valence-corrected chi connectivity index (χ2v) is 6.64. The molecule has 0 aliphatic rings. The summed E-state index contributed by atoms with van der Waals surface area (Å²) in [5.74, 6) is 0. The van der Waals surface area contributed by atoms with Gasteiger partial charge in [0, 0.05) is 23.0 Å². The maximum absolute atomic E-state index is 11.8. The topological polar surface area (TPSA) is 32.9 Å². The second kappa shape index (κ2) is 5.10. The van der Waals surface area contributed by atoms with Crippen LogP contribution in [0, 0.1) is 13.8 Å². The number of hydrogen-bond acceptors (Lipinski definition) is 1. The third kappa shape index (κ3) is 2.80. The van der Waals surface area contributed by atoms with Gasteiger partial charge in [0.25, 0.3) is 0 Å². The summed E-state index contributed by atoms with van der Waals surface area (Å²) in [6.45, 7) is 10.4. The van der Waals surface area contributed by atoms with Gasteiger partial charge in [-0.15, -0.1) is 0 Å². The maximum atomic E-state index is 11.8. The molecular formula is C17H20ClNO. The molecule has 0 spiro atoms. The molecular weight excluding hydrogens is 270 g/mol. The quantitative estimate of drug-likeness (QED) is 0.817. The van der Waals surface area contributed by atoms with Crippen LogP contribution in [0.1, 0.15) is 37.6 Å². The van der Waals surface area contributed by atoms with E-state index < -0.39 is 0 Å². The van der Waals surface area contributed by atoms with Gasteiger partial charge in [-0.2, -0.15) is 0 Å². The molecule has 3 heteroatoms. The fourth-order valence-electron chi connectivity index (χ4n) is 2.25. The number of H-pyrrole nitrogens is 1. The minimum absolute atomic E-state index is 0.118. The first-order valence-corrected chi connectivity index (χ1v) is 7.09. The van der Waals surface area contributed by atoms with Crippen molar-refractivity contribution in [3.8, 4) is 11.3 Å². The molecule has 1 aromatic heterocycles. The predicted molar refractivity (Wildman–Crippen MR) is 85.7 cm³/mol. The molecule has 0 saturated heterocycles. The largest absolute Gasteiger partial charge is 0.357 e. The van der Waals surface area contributed by atoms with Crippen LogP contribution in [0.3, 0.4) is 0 Å². The monoisotopic (exact) mass is 289 g/mol. The summed E-state index contributed by atoms with van der Waals surface area (Å²) < 4.78 is 0. The number of aromatic nitrogens is 1. The summed E-state index contributed by atoms with van der Waals surface area (Å²) in [5, 5.41) is 0.262. The van der Waals surface area contributed by atoms with Crippen molar-refractivity contribution in [2.24, 2.45) is 0 Å². The predicted octanol–water partition coefficient (Wildman–Crippen LogP) is 4.61. The normalized spacial score (nSPS) is 11.7. The number of halogens is 1. The van der Waals surface area contributed by atoms with Gasteiger partial charge in [0.05, 0.1) is 0 Å². The average molecular weight is 290 g/mol. The van der Waals surface area contributed by atoms with E-state index in [0.29, 0.717) is 5.69 Å². The summed E-state index contributed by atoms with van der Waals surface area (Å²) in [7, 11) is 0. The molecule has 0 unspecified atom stereocenters. The van der Waals surface area contributed by atoms with Gasteiger partial charge in [-0.3, -0.25) is 4.79 Å². The first-order chi connectivity index (χ1) is 9.20. The molecule has 2 rings (SSSR count). The van der Waals surface area contributed by atoms with E-state index in [1.807, 2.05) is 6.92 Å². The highest BCUT2D eigenvalue weighted by Gasteiger charge is 2.15. The van der Waals surface area contributed by atoms with E-state index in [-0.39, 0.29) is 15.9 Å². The van der Waals surface area contributed by atoms with Crippen LogP contribution in [0.4, 0.5) is 0 Å². The van der Waals surface area contributed by atoms with Gasteiger partial charge in [-0.1, -0.05) is 50.6 Å². The van der Waals surface area contributed by atoms with E-state index in [4.69, 9.17) is 11.6 Å².